The molecule has 1 saturated heterocycles. The van der Waals surface area contributed by atoms with E-state index in [-0.39, 0.29) is 0 Å². The first-order chi connectivity index (χ1) is 8.19. The van der Waals surface area contributed by atoms with Gasteiger partial charge in [0, 0.05) is 0 Å². The summed E-state index contributed by atoms with van der Waals surface area (Å²) in [6.07, 6.45) is -5.45. The third kappa shape index (κ3) is 2.48. The van der Waals surface area contributed by atoms with Crippen molar-refractivity contribution in [3.05, 3.63) is 0 Å². The van der Waals surface area contributed by atoms with Gasteiger partial charge >= 0.3 is 0 Å². The lowest BCUT2D eigenvalue weighted by Gasteiger charge is -2.50. The molecule has 6 N–H and O–H groups in total. The molecule has 1 aliphatic rings. The van der Waals surface area contributed by atoms with Crippen LogP contribution in [0, 0.1) is 5.41 Å². The van der Waals surface area contributed by atoms with Gasteiger partial charge in [0.25, 0.3) is 0 Å². The lowest BCUT2D eigenvalue weighted by atomic mass is 9.83. The van der Waals surface area contributed by atoms with Crippen molar-refractivity contribution in [3.8, 4) is 0 Å². The highest BCUT2D eigenvalue weighted by Gasteiger charge is 2.62. The summed E-state index contributed by atoms with van der Waals surface area (Å²) in [4.78, 5) is 0. The van der Waals surface area contributed by atoms with E-state index < -0.39 is 48.0 Å². The fraction of sp³-hybridized carbons (Fsp3) is 0.889. The Labute approximate surface area is 109 Å². The molecule has 9 heteroatoms. The Balaban J connectivity index is 3.04. The number of aliphatic hydroxyl groups is 5. The van der Waals surface area contributed by atoms with Crippen molar-refractivity contribution in [1.82, 2.24) is 0 Å². The lowest BCUT2D eigenvalue weighted by molar-refractivity contribution is -0.345. The van der Waals surface area contributed by atoms with E-state index in [0.717, 1.165) is 0 Å². The largest absolute Gasteiger partial charge is 0.484 e. The zero-order valence-corrected chi connectivity index (χ0v) is 10.5. The first kappa shape index (κ1) is 15.6. The van der Waals surface area contributed by atoms with Crippen LogP contribution in [0.15, 0.2) is 0 Å². The predicted molar refractivity (Wildman–Crippen MR) is 62.2 cm³/mol. The molecule has 1 fully saturated rings. The van der Waals surface area contributed by atoms with Crippen LogP contribution in [-0.4, -0.2) is 74.2 Å². The van der Waals surface area contributed by atoms with Gasteiger partial charge in [0.05, 0.1) is 20.1 Å². The number of ether oxygens (including phenoxy) is 2. The second-order valence-electron chi connectivity index (χ2n) is 4.11. The molecule has 0 radical (unpaired) electrons. The summed E-state index contributed by atoms with van der Waals surface area (Å²) in [6, 6.07) is 0. The van der Waals surface area contributed by atoms with Gasteiger partial charge in [0.2, 0.25) is 5.12 Å². The molecule has 0 aromatic carbocycles. The molecular formula is C9H17NO7S. The molecule has 0 saturated carbocycles. The van der Waals surface area contributed by atoms with Crippen molar-refractivity contribution < 1.29 is 35.0 Å². The average Bonchev–Trinajstić information content (AvgIpc) is 2.32. The molecule has 18 heavy (non-hydrogen) atoms. The highest BCUT2D eigenvalue weighted by molar-refractivity contribution is 7.81. The van der Waals surface area contributed by atoms with Crippen molar-refractivity contribution in [1.29, 1.82) is 5.41 Å². The van der Waals surface area contributed by atoms with Gasteiger partial charge in [-0.2, -0.15) is 0 Å². The first-order valence-electron chi connectivity index (χ1n) is 5.13. The van der Waals surface area contributed by atoms with Crippen molar-refractivity contribution in [2.24, 2.45) is 0 Å². The van der Waals surface area contributed by atoms with E-state index in [1.54, 1.807) is 0 Å². The van der Waals surface area contributed by atoms with Crippen LogP contribution >= 0.6 is 12.6 Å². The van der Waals surface area contributed by atoms with Gasteiger partial charge in [-0.3, -0.25) is 5.41 Å². The fourth-order valence-electron chi connectivity index (χ4n) is 1.74. The van der Waals surface area contributed by atoms with Gasteiger partial charge in [-0.1, -0.05) is 0 Å². The minimum absolute atomic E-state index is 0.442. The summed E-state index contributed by atoms with van der Waals surface area (Å²) < 4.78 is 9.35. The summed E-state index contributed by atoms with van der Waals surface area (Å²) in [5.41, 5.74) is -2.45. The predicted octanol–water partition coefficient (Wildman–Crippen LogP) is -2.58. The number of methoxy groups -OCH3 is 1. The Morgan fingerprint density at radius 3 is 2.44 bits per heavy atom. The SMILES string of the molecule is COC(=N)C[C@@]1(O)[C@@H](O)[C@H](O)[C@@H](CO)O[C@@]1(O)S. The number of hydrogen-bond donors (Lipinski definition) is 7. The third-order valence-corrected chi connectivity index (χ3v) is 3.42. The topological polar surface area (TPSA) is 143 Å². The molecule has 0 spiro atoms. The van der Waals surface area contributed by atoms with E-state index in [9.17, 15) is 20.4 Å². The molecule has 0 amide bonds. The highest BCUT2D eigenvalue weighted by atomic mass is 32.1. The van der Waals surface area contributed by atoms with Crippen LogP contribution in [-0.2, 0) is 9.47 Å². The minimum Gasteiger partial charge on any atom is -0.484 e. The van der Waals surface area contributed by atoms with Crippen LogP contribution in [0.5, 0.6) is 0 Å². The van der Waals surface area contributed by atoms with Crippen LogP contribution < -0.4 is 0 Å². The van der Waals surface area contributed by atoms with Crippen molar-refractivity contribution in [2.45, 2.75) is 35.5 Å². The molecule has 0 bridgehead atoms. The number of thiol groups is 1. The maximum Gasteiger partial charge on any atom is 0.246 e. The van der Waals surface area contributed by atoms with Gasteiger partial charge in [0.1, 0.15) is 18.3 Å². The van der Waals surface area contributed by atoms with Gasteiger partial charge in [-0.25, -0.2) is 0 Å². The van der Waals surface area contributed by atoms with Crippen molar-refractivity contribution in [3.63, 3.8) is 0 Å². The Kier molecular flexibility index (Phi) is 4.60. The van der Waals surface area contributed by atoms with Crippen LogP contribution in [0.3, 0.4) is 0 Å². The summed E-state index contributed by atoms with van der Waals surface area (Å²) in [5.74, 6) is -0.442. The first-order valence-corrected chi connectivity index (χ1v) is 5.57. The maximum atomic E-state index is 10.2. The van der Waals surface area contributed by atoms with Gasteiger partial charge < -0.3 is 35.0 Å². The Morgan fingerprint density at radius 1 is 1.44 bits per heavy atom. The average molecular weight is 283 g/mol. The molecule has 8 nitrogen and oxygen atoms in total. The Hall–Kier alpha value is -0.420. The van der Waals surface area contributed by atoms with Crippen LogP contribution in [0.2, 0.25) is 0 Å². The summed E-state index contributed by atoms with van der Waals surface area (Å²) >= 11 is 3.67. The number of rotatable bonds is 3. The van der Waals surface area contributed by atoms with E-state index in [0.29, 0.717) is 0 Å². The van der Waals surface area contributed by atoms with E-state index in [1.165, 1.54) is 7.11 Å². The van der Waals surface area contributed by atoms with E-state index >= 15 is 0 Å². The van der Waals surface area contributed by atoms with Crippen LogP contribution in [0.4, 0.5) is 0 Å². The second-order valence-corrected chi connectivity index (χ2v) is 4.72. The second kappa shape index (κ2) is 5.29. The molecule has 0 unspecified atom stereocenters. The van der Waals surface area contributed by atoms with Gasteiger partial charge in [-0.15, -0.1) is 12.6 Å². The molecule has 1 rings (SSSR count). The van der Waals surface area contributed by atoms with E-state index in [4.69, 9.17) is 15.3 Å². The molecule has 0 aliphatic carbocycles. The molecular weight excluding hydrogens is 266 g/mol. The summed E-state index contributed by atoms with van der Waals surface area (Å²) in [5, 5.41) is 53.2. The smallest absolute Gasteiger partial charge is 0.246 e. The fourth-order valence-corrected chi connectivity index (χ4v) is 2.09. The molecule has 0 aromatic heterocycles. The lowest BCUT2D eigenvalue weighted by Crippen LogP contribution is -2.71. The Bertz CT molecular complexity index is 326. The number of hydrogen-bond acceptors (Lipinski definition) is 9. The van der Waals surface area contributed by atoms with Crippen molar-refractivity contribution in [2.75, 3.05) is 13.7 Å². The summed E-state index contributed by atoms with van der Waals surface area (Å²) in [7, 11) is 1.17. The molecule has 1 aliphatic heterocycles. The zero-order valence-electron chi connectivity index (χ0n) is 9.65. The monoisotopic (exact) mass is 283 g/mol. The summed E-state index contributed by atoms with van der Waals surface area (Å²) in [6.45, 7) is -0.682. The number of nitrogens with one attached hydrogen (secondary N) is 1. The molecule has 1 heterocycles. The minimum atomic E-state index is -2.55. The Morgan fingerprint density at radius 2 is 2.00 bits per heavy atom. The highest BCUT2D eigenvalue weighted by Crippen LogP contribution is 2.41. The van der Waals surface area contributed by atoms with E-state index in [1.807, 2.05) is 0 Å². The standard InChI is InChI=1S/C9H17NO7S/c1-16-5(10)2-8(14)7(13)6(12)4(3-11)17-9(8,15)18/h4,6-7,10-15,18H,2-3H2,1H3/t4-,6-,7+,8-,9-/m1/s1. The third-order valence-electron chi connectivity index (χ3n) is 2.93. The van der Waals surface area contributed by atoms with Crippen LogP contribution in [0.25, 0.3) is 0 Å². The molecule has 0 aromatic rings. The number of aliphatic hydroxyl groups excluding tert-OH is 3. The maximum absolute atomic E-state index is 10.2. The van der Waals surface area contributed by atoms with Gasteiger partial charge in [-0.05, 0) is 0 Å². The van der Waals surface area contributed by atoms with Crippen molar-refractivity contribution >= 4 is 18.5 Å². The normalized spacial score (nSPS) is 44.7. The quantitative estimate of drug-likeness (QED) is 0.130. The van der Waals surface area contributed by atoms with Gasteiger partial charge in [0.15, 0.2) is 11.5 Å². The molecule has 106 valence electrons. The zero-order chi connectivity index (χ0) is 14.1. The van der Waals surface area contributed by atoms with Crippen LogP contribution in [0.1, 0.15) is 6.42 Å². The molecule has 5 atom stereocenters. The van der Waals surface area contributed by atoms with E-state index in [2.05, 4.69) is 17.4 Å².